The maximum atomic E-state index is 12.2. The van der Waals surface area contributed by atoms with E-state index in [0.29, 0.717) is 16.9 Å². The Morgan fingerprint density at radius 3 is 1.92 bits per heavy atom. The molecule has 120 valence electrons. The third-order valence-electron chi connectivity index (χ3n) is 3.70. The molecule has 3 aromatic rings. The summed E-state index contributed by atoms with van der Waals surface area (Å²) in [5, 5.41) is 18.7. The molecule has 3 rings (SSSR count). The van der Waals surface area contributed by atoms with Crippen LogP contribution in [0.1, 0.15) is 15.9 Å². The molecule has 0 aliphatic heterocycles. The average Bonchev–Trinajstić information content (AvgIpc) is 2.56. The number of hydrogen-bond acceptors (Lipinski definition) is 4. The van der Waals surface area contributed by atoms with Crippen LogP contribution in [0, 0.1) is 6.92 Å². The predicted octanol–water partition coefficient (Wildman–Crippen LogP) is 4.29. The number of hydrogen-bond donors (Lipinski definition) is 2. The number of phenols is 2. The number of ether oxygens (including phenoxy) is 1. The summed E-state index contributed by atoms with van der Waals surface area (Å²) in [6.07, 6.45) is 0. The van der Waals surface area contributed by atoms with E-state index in [-0.39, 0.29) is 11.5 Å². The van der Waals surface area contributed by atoms with Gasteiger partial charge in [0.25, 0.3) is 0 Å². The van der Waals surface area contributed by atoms with Crippen LogP contribution in [0.15, 0.2) is 66.7 Å². The zero-order chi connectivity index (χ0) is 17.1. The summed E-state index contributed by atoms with van der Waals surface area (Å²) in [4.78, 5) is 12.2. The van der Waals surface area contributed by atoms with E-state index >= 15 is 0 Å². The van der Waals surface area contributed by atoms with Gasteiger partial charge in [0.05, 0.1) is 5.56 Å². The molecule has 0 heterocycles. The normalized spacial score (nSPS) is 10.4. The van der Waals surface area contributed by atoms with E-state index in [1.165, 1.54) is 18.2 Å². The quantitative estimate of drug-likeness (QED) is 0.558. The van der Waals surface area contributed by atoms with Crippen molar-refractivity contribution in [3.63, 3.8) is 0 Å². The van der Waals surface area contributed by atoms with Crippen molar-refractivity contribution in [2.75, 3.05) is 0 Å². The van der Waals surface area contributed by atoms with E-state index in [0.717, 1.165) is 11.1 Å². The molecule has 0 atom stereocenters. The molecule has 0 aromatic heterocycles. The molecule has 0 amide bonds. The Bertz CT molecular complexity index is 865. The third kappa shape index (κ3) is 3.38. The highest BCUT2D eigenvalue weighted by molar-refractivity contribution is 5.92. The van der Waals surface area contributed by atoms with Gasteiger partial charge < -0.3 is 14.9 Å². The average molecular weight is 320 g/mol. The van der Waals surface area contributed by atoms with Crippen LogP contribution in [0.3, 0.4) is 0 Å². The highest BCUT2D eigenvalue weighted by Gasteiger charge is 2.12. The fraction of sp³-hybridized carbons (Fsp3) is 0.0500. The number of aromatic hydroxyl groups is 2. The van der Waals surface area contributed by atoms with Gasteiger partial charge in [0.1, 0.15) is 17.2 Å². The van der Waals surface area contributed by atoms with Gasteiger partial charge >= 0.3 is 5.97 Å². The van der Waals surface area contributed by atoms with Gasteiger partial charge in [-0.05, 0) is 66.1 Å². The summed E-state index contributed by atoms with van der Waals surface area (Å²) in [7, 11) is 0. The molecule has 3 aromatic carbocycles. The standard InChI is InChI=1S/C20H16O4/c1-13-12-17(22)8-11-19(13)20(23)24-18-9-4-15(5-10-18)14-2-6-16(21)7-3-14/h2-12,21-22H,1H3. The number of carbonyl (C=O) groups excluding carboxylic acids is 1. The van der Waals surface area contributed by atoms with Gasteiger partial charge in [-0.25, -0.2) is 4.79 Å². The fourth-order valence-corrected chi connectivity index (χ4v) is 2.41. The summed E-state index contributed by atoms with van der Waals surface area (Å²) in [5.41, 5.74) is 2.98. The van der Waals surface area contributed by atoms with Crippen molar-refractivity contribution in [1.82, 2.24) is 0 Å². The van der Waals surface area contributed by atoms with Crippen LogP contribution < -0.4 is 4.74 Å². The van der Waals surface area contributed by atoms with E-state index in [9.17, 15) is 15.0 Å². The van der Waals surface area contributed by atoms with Crippen molar-refractivity contribution < 1.29 is 19.7 Å². The van der Waals surface area contributed by atoms with E-state index in [2.05, 4.69) is 0 Å². The summed E-state index contributed by atoms with van der Waals surface area (Å²) in [6, 6.07) is 18.5. The van der Waals surface area contributed by atoms with Crippen LogP contribution in [0.2, 0.25) is 0 Å². The lowest BCUT2D eigenvalue weighted by Crippen LogP contribution is -2.10. The molecular weight excluding hydrogens is 304 g/mol. The molecule has 0 aliphatic carbocycles. The van der Waals surface area contributed by atoms with Crippen molar-refractivity contribution in [1.29, 1.82) is 0 Å². The van der Waals surface area contributed by atoms with Gasteiger partial charge in [-0.2, -0.15) is 0 Å². The Hall–Kier alpha value is -3.27. The fourth-order valence-electron chi connectivity index (χ4n) is 2.41. The molecule has 2 N–H and O–H groups in total. The van der Waals surface area contributed by atoms with Crippen molar-refractivity contribution >= 4 is 5.97 Å². The maximum Gasteiger partial charge on any atom is 0.343 e. The molecule has 0 saturated heterocycles. The molecule has 0 spiro atoms. The van der Waals surface area contributed by atoms with Gasteiger partial charge in [0.2, 0.25) is 0 Å². The zero-order valence-corrected chi connectivity index (χ0v) is 13.1. The van der Waals surface area contributed by atoms with Gasteiger partial charge in [-0.3, -0.25) is 0 Å². The monoisotopic (exact) mass is 320 g/mol. The Balaban J connectivity index is 1.76. The van der Waals surface area contributed by atoms with Crippen LogP contribution in [0.25, 0.3) is 11.1 Å². The van der Waals surface area contributed by atoms with E-state index in [1.807, 2.05) is 24.3 Å². The predicted molar refractivity (Wildman–Crippen MR) is 91.3 cm³/mol. The SMILES string of the molecule is Cc1cc(O)ccc1C(=O)Oc1ccc(-c2ccc(O)cc2)cc1. The van der Waals surface area contributed by atoms with Crippen LogP contribution in [-0.2, 0) is 0 Å². The number of aryl methyl sites for hydroxylation is 1. The minimum atomic E-state index is -0.468. The molecule has 0 bridgehead atoms. The van der Waals surface area contributed by atoms with Gasteiger partial charge in [0.15, 0.2) is 0 Å². The summed E-state index contributed by atoms with van der Waals surface area (Å²) >= 11 is 0. The second kappa shape index (κ2) is 6.46. The molecule has 0 fully saturated rings. The number of benzene rings is 3. The Labute approximate surface area is 139 Å². The summed E-state index contributed by atoms with van der Waals surface area (Å²) < 4.78 is 5.37. The largest absolute Gasteiger partial charge is 0.508 e. The van der Waals surface area contributed by atoms with Gasteiger partial charge in [-0.15, -0.1) is 0 Å². The highest BCUT2D eigenvalue weighted by atomic mass is 16.5. The van der Waals surface area contributed by atoms with Crippen LogP contribution in [0.5, 0.6) is 17.2 Å². The van der Waals surface area contributed by atoms with Gasteiger partial charge in [-0.1, -0.05) is 24.3 Å². The number of esters is 1. The Kier molecular flexibility index (Phi) is 4.20. The lowest BCUT2D eigenvalue weighted by atomic mass is 10.1. The van der Waals surface area contributed by atoms with Crippen LogP contribution in [0.4, 0.5) is 0 Å². The van der Waals surface area contributed by atoms with Gasteiger partial charge in [0, 0.05) is 0 Å². The molecule has 0 saturated carbocycles. The molecule has 4 heteroatoms. The first-order valence-corrected chi connectivity index (χ1v) is 7.44. The van der Waals surface area contributed by atoms with Crippen molar-refractivity contribution in [3.05, 3.63) is 77.9 Å². The zero-order valence-electron chi connectivity index (χ0n) is 13.1. The second-order valence-corrected chi connectivity index (χ2v) is 5.46. The first-order valence-electron chi connectivity index (χ1n) is 7.44. The summed E-state index contributed by atoms with van der Waals surface area (Å²) in [5.74, 6) is 0.302. The second-order valence-electron chi connectivity index (χ2n) is 5.46. The van der Waals surface area contributed by atoms with Crippen LogP contribution in [-0.4, -0.2) is 16.2 Å². The lowest BCUT2D eigenvalue weighted by Gasteiger charge is -2.08. The molecular formula is C20H16O4. The highest BCUT2D eigenvalue weighted by Crippen LogP contribution is 2.25. The third-order valence-corrected chi connectivity index (χ3v) is 3.70. The molecule has 0 radical (unpaired) electrons. The maximum absolute atomic E-state index is 12.2. The Morgan fingerprint density at radius 2 is 1.33 bits per heavy atom. The minimum Gasteiger partial charge on any atom is -0.508 e. The molecule has 4 nitrogen and oxygen atoms in total. The Morgan fingerprint density at radius 1 is 0.792 bits per heavy atom. The van der Waals surface area contributed by atoms with Crippen molar-refractivity contribution in [3.8, 4) is 28.4 Å². The minimum absolute atomic E-state index is 0.113. The number of phenolic OH excluding ortho intramolecular Hbond substituents is 2. The van der Waals surface area contributed by atoms with Crippen molar-refractivity contribution in [2.45, 2.75) is 6.92 Å². The topological polar surface area (TPSA) is 66.8 Å². The van der Waals surface area contributed by atoms with Crippen LogP contribution >= 0.6 is 0 Å². The van der Waals surface area contributed by atoms with E-state index in [1.54, 1.807) is 31.2 Å². The summed E-state index contributed by atoms with van der Waals surface area (Å²) in [6.45, 7) is 1.74. The molecule has 0 aliphatic rings. The number of carbonyl (C=O) groups is 1. The van der Waals surface area contributed by atoms with Crippen molar-refractivity contribution in [2.24, 2.45) is 0 Å². The molecule has 0 unspecified atom stereocenters. The lowest BCUT2D eigenvalue weighted by molar-refractivity contribution is 0.0734. The number of rotatable bonds is 3. The first-order chi connectivity index (χ1) is 11.5. The first kappa shape index (κ1) is 15.6. The molecule has 24 heavy (non-hydrogen) atoms. The smallest absolute Gasteiger partial charge is 0.343 e. The van der Waals surface area contributed by atoms with E-state index < -0.39 is 5.97 Å². The van der Waals surface area contributed by atoms with E-state index in [4.69, 9.17) is 4.74 Å².